The van der Waals surface area contributed by atoms with Crippen LogP contribution in [0.15, 0.2) is 29.1 Å². The second-order valence-corrected chi connectivity index (χ2v) is 4.12. The van der Waals surface area contributed by atoms with Gasteiger partial charge < -0.3 is 14.6 Å². The first-order valence-electron chi connectivity index (χ1n) is 5.11. The number of aliphatic hydroxyl groups is 1. The minimum absolute atomic E-state index is 0.0798. The van der Waals surface area contributed by atoms with Crippen LogP contribution in [0.1, 0.15) is 11.3 Å². The Kier molecular flexibility index (Phi) is 3.95. The summed E-state index contributed by atoms with van der Waals surface area (Å²) in [6.45, 7) is 0.326. The number of thiazole rings is 1. The van der Waals surface area contributed by atoms with E-state index >= 15 is 0 Å². The van der Waals surface area contributed by atoms with Crippen molar-refractivity contribution in [1.82, 2.24) is 4.98 Å². The summed E-state index contributed by atoms with van der Waals surface area (Å²) in [7, 11) is 1.59. The van der Waals surface area contributed by atoms with Crippen molar-refractivity contribution in [1.29, 1.82) is 0 Å². The van der Waals surface area contributed by atoms with Gasteiger partial charge in [-0.25, -0.2) is 4.98 Å². The summed E-state index contributed by atoms with van der Waals surface area (Å²) in [4.78, 5) is 4.13. The van der Waals surface area contributed by atoms with Crippen LogP contribution in [0.25, 0.3) is 0 Å². The number of aliphatic hydroxyl groups excluding tert-OH is 1. The normalized spacial score (nSPS) is 10.2. The van der Waals surface area contributed by atoms with Gasteiger partial charge in [0, 0.05) is 10.9 Å². The highest BCUT2D eigenvalue weighted by Crippen LogP contribution is 2.24. The Morgan fingerprint density at radius 1 is 1.41 bits per heavy atom. The van der Waals surface area contributed by atoms with Crippen molar-refractivity contribution in [2.24, 2.45) is 0 Å². The first-order chi connectivity index (χ1) is 8.33. The maximum absolute atomic E-state index is 9.25. The first kappa shape index (κ1) is 11.9. The molecule has 4 nitrogen and oxygen atoms in total. The van der Waals surface area contributed by atoms with Crippen molar-refractivity contribution >= 4 is 11.3 Å². The molecule has 0 saturated heterocycles. The van der Waals surface area contributed by atoms with Gasteiger partial charge >= 0.3 is 0 Å². The Bertz CT molecular complexity index is 471. The average Bonchev–Trinajstić information content (AvgIpc) is 2.89. The number of aromatic nitrogens is 1. The molecule has 0 aliphatic carbocycles. The molecule has 0 bridgehead atoms. The molecule has 17 heavy (non-hydrogen) atoms. The maximum Gasteiger partial charge on any atom is 0.131 e. The molecule has 0 radical (unpaired) electrons. The molecule has 0 amide bonds. The van der Waals surface area contributed by atoms with Gasteiger partial charge in [0.1, 0.15) is 18.1 Å². The Balaban J connectivity index is 2.09. The van der Waals surface area contributed by atoms with E-state index in [1.807, 2.05) is 5.38 Å². The molecule has 2 rings (SSSR count). The van der Waals surface area contributed by atoms with Gasteiger partial charge in [-0.05, 0) is 18.2 Å². The summed E-state index contributed by atoms with van der Waals surface area (Å²) in [6.07, 6.45) is 0. The topological polar surface area (TPSA) is 51.6 Å². The van der Waals surface area contributed by atoms with E-state index in [4.69, 9.17) is 9.47 Å². The largest absolute Gasteiger partial charge is 0.497 e. The number of nitrogens with zero attached hydrogens (tertiary/aromatic N) is 1. The molecule has 0 fully saturated rings. The van der Waals surface area contributed by atoms with E-state index in [1.54, 1.807) is 30.8 Å². The summed E-state index contributed by atoms with van der Waals surface area (Å²) < 4.78 is 10.7. The van der Waals surface area contributed by atoms with Crippen LogP contribution < -0.4 is 9.47 Å². The average molecular weight is 251 g/mol. The Morgan fingerprint density at radius 3 is 2.94 bits per heavy atom. The SMILES string of the molecule is COc1ccc(OCc2cscn2)c(CO)c1. The van der Waals surface area contributed by atoms with Gasteiger partial charge in [-0.3, -0.25) is 0 Å². The highest BCUT2D eigenvalue weighted by atomic mass is 32.1. The second-order valence-electron chi connectivity index (χ2n) is 3.40. The Labute approximate surface area is 103 Å². The van der Waals surface area contributed by atoms with Crippen molar-refractivity contribution in [3.8, 4) is 11.5 Å². The van der Waals surface area contributed by atoms with Crippen LogP contribution in [0, 0.1) is 0 Å². The van der Waals surface area contributed by atoms with Crippen molar-refractivity contribution in [2.75, 3.05) is 7.11 Å². The van der Waals surface area contributed by atoms with Crippen molar-refractivity contribution in [3.63, 3.8) is 0 Å². The van der Waals surface area contributed by atoms with Gasteiger partial charge in [0.05, 0.1) is 24.9 Å². The lowest BCUT2D eigenvalue weighted by atomic mass is 10.2. The molecule has 1 N–H and O–H groups in total. The molecule has 0 unspecified atom stereocenters. The van der Waals surface area contributed by atoms with E-state index in [1.165, 1.54) is 11.3 Å². The van der Waals surface area contributed by atoms with Crippen molar-refractivity contribution in [3.05, 3.63) is 40.3 Å². The highest BCUT2D eigenvalue weighted by molar-refractivity contribution is 7.07. The van der Waals surface area contributed by atoms with E-state index in [-0.39, 0.29) is 6.61 Å². The number of methoxy groups -OCH3 is 1. The van der Waals surface area contributed by atoms with Crippen LogP contribution in [-0.4, -0.2) is 17.2 Å². The van der Waals surface area contributed by atoms with Crippen LogP contribution in [0.5, 0.6) is 11.5 Å². The van der Waals surface area contributed by atoms with E-state index < -0.39 is 0 Å². The smallest absolute Gasteiger partial charge is 0.131 e. The summed E-state index contributed by atoms with van der Waals surface area (Å²) in [5.74, 6) is 1.36. The number of rotatable bonds is 5. The van der Waals surface area contributed by atoms with Gasteiger partial charge in [-0.2, -0.15) is 0 Å². The second kappa shape index (κ2) is 5.65. The summed E-state index contributed by atoms with van der Waals surface area (Å²) in [6, 6.07) is 5.35. The maximum atomic E-state index is 9.25. The quantitative estimate of drug-likeness (QED) is 0.885. The fourth-order valence-electron chi connectivity index (χ4n) is 1.41. The van der Waals surface area contributed by atoms with Gasteiger partial charge in [0.2, 0.25) is 0 Å². The fourth-order valence-corrected chi connectivity index (χ4v) is 1.95. The molecular weight excluding hydrogens is 238 g/mol. The zero-order chi connectivity index (χ0) is 12.1. The van der Waals surface area contributed by atoms with Gasteiger partial charge in [-0.15, -0.1) is 11.3 Å². The molecule has 5 heteroatoms. The molecule has 0 aliphatic rings. The zero-order valence-corrected chi connectivity index (χ0v) is 10.2. The number of ether oxygens (including phenoxy) is 2. The third-order valence-corrected chi connectivity index (χ3v) is 2.93. The van der Waals surface area contributed by atoms with Crippen LogP contribution in [-0.2, 0) is 13.2 Å². The lowest BCUT2D eigenvalue weighted by molar-refractivity contribution is 0.256. The van der Waals surface area contributed by atoms with Gasteiger partial charge in [0.15, 0.2) is 0 Å². The molecule has 1 aromatic carbocycles. The fraction of sp³-hybridized carbons (Fsp3) is 0.250. The lowest BCUT2D eigenvalue weighted by Crippen LogP contribution is -1.99. The molecule has 1 heterocycles. The first-order valence-corrected chi connectivity index (χ1v) is 6.05. The lowest BCUT2D eigenvalue weighted by Gasteiger charge is -2.10. The summed E-state index contributed by atoms with van der Waals surface area (Å²) in [5, 5.41) is 11.2. The molecule has 90 valence electrons. The summed E-state index contributed by atoms with van der Waals surface area (Å²) >= 11 is 1.53. The van der Waals surface area contributed by atoms with E-state index in [2.05, 4.69) is 4.98 Å². The Hall–Kier alpha value is -1.59. The van der Waals surface area contributed by atoms with Crippen molar-refractivity contribution < 1.29 is 14.6 Å². The minimum atomic E-state index is -0.0798. The van der Waals surface area contributed by atoms with Crippen LogP contribution in [0.3, 0.4) is 0 Å². The minimum Gasteiger partial charge on any atom is -0.497 e. The highest BCUT2D eigenvalue weighted by Gasteiger charge is 2.05. The molecule has 1 aromatic heterocycles. The summed E-state index contributed by atoms with van der Waals surface area (Å²) in [5.41, 5.74) is 3.36. The predicted molar refractivity (Wildman–Crippen MR) is 65.4 cm³/mol. The van der Waals surface area contributed by atoms with Crippen LogP contribution in [0.4, 0.5) is 0 Å². The van der Waals surface area contributed by atoms with Crippen LogP contribution in [0.2, 0.25) is 0 Å². The molecule has 0 atom stereocenters. The third-order valence-electron chi connectivity index (χ3n) is 2.30. The predicted octanol–water partition coefficient (Wildman–Crippen LogP) is 2.22. The van der Waals surface area contributed by atoms with Crippen LogP contribution >= 0.6 is 11.3 Å². The number of benzene rings is 1. The van der Waals surface area contributed by atoms with Gasteiger partial charge in [-0.1, -0.05) is 0 Å². The molecular formula is C12H13NO3S. The number of hydrogen-bond acceptors (Lipinski definition) is 5. The zero-order valence-electron chi connectivity index (χ0n) is 9.42. The molecule has 0 spiro atoms. The van der Waals surface area contributed by atoms with Crippen molar-refractivity contribution in [2.45, 2.75) is 13.2 Å². The monoisotopic (exact) mass is 251 g/mol. The van der Waals surface area contributed by atoms with Gasteiger partial charge in [0.25, 0.3) is 0 Å². The standard InChI is InChI=1S/C12H13NO3S/c1-15-11-2-3-12(9(4-11)5-14)16-6-10-7-17-8-13-10/h2-4,7-8,14H,5-6H2,1H3. The van der Waals surface area contributed by atoms with E-state index in [9.17, 15) is 5.11 Å². The van der Waals surface area contributed by atoms with E-state index in [0.29, 0.717) is 23.7 Å². The third kappa shape index (κ3) is 2.95. The molecule has 0 saturated carbocycles. The number of hydrogen-bond donors (Lipinski definition) is 1. The Morgan fingerprint density at radius 2 is 2.29 bits per heavy atom. The van der Waals surface area contributed by atoms with E-state index in [0.717, 1.165) is 5.69 Å². The molecule has 2 aromatic rings. The molecule has 0 aliphatic heterocycles.